The van der Waals surface area contributed by atoms with E-state index >= 15 is 0 Å². The molecule has 10 nitrogen and oxygen atoms in total. The number of urea groups is 1. The quantitative estimate of drug-likeness (QED) is 0.330. The van der Waals surface area contributed by atoms with Crippen molar-refractivity contribution in [2.75, 3.05) is 45.1 Å². The van der Waals surface area contributed by atoms with Crippen LogP contribution in [-0.4, -0.2) is 80.8 Å². The second kappa shape index (κ2) is 10.0. The molecular weight excluding hydrogens is 502 g/mol. The Hall–Kier alpha value is -4.83. The van der Waals surface area contributed by atoms with Crippen LogP contribution in [0.4, 0.5) is 10.5 Å². The van der Waals surface area contributed by atoms with Gasteiger partial charge in [0.15, 0.2) is 5.49 Å². The predicted molar refractivity (Wildman–Crippen MR) is 154 cm³/mol. The second-order valence-corrected chi connectivity index (χ2v) is 10.4. The summed E-state index contributed by atoms with van der Waals surface area (Å²) in [6, 6.07) is 14.3. The van der Waals surface area contributed by atoms with E-state index in [1.807, 2.05) is 41.7 Å². The topological polar surface area (TPSA) is 118 Å². The number of carbonyl (C=O) groups is 1. The van der Waals surface area contributed by atoms with Crippen LogP contribution < -0.4 is 16.0 Å². The molecule has 0 bridgehead atoms. The summed E-state index contributed by atoms with van der Waals surface area (Å²) in [6.45, 7) is 3.76. The van der Waals surface area contributed by atoms with Crippen LogP contribution in [0.3, 0.4) is 0 Å². The smallest absolute Gasteiger partial charge is 0.321 e. The van der Waals surface area contributed by atoms with Gasteiger partial charge in [0.2, 0.25) is 0 Å². The number of fused-ring (bicyclic) bond motifs is 2. The lowest BCUT2D eigenvalue weighted by molar-refractivity contribution is 0.164. The lowest BCUT2D eigenvalue weighted by Crippen LogP contribution is -2.48. The molecule has 200 valence electrons. The van der Waals surface area contributed by atoms with Gasteiger partial charge in [-0.15, -0.1) is 0 Å². The third-order valence-electron chi connectivity index (χ3n) is 7.74. The van der Waals surface area contributed by atoms with Gasteiger partial charge in [-0.1, -0.05) is 18.2 Å². The number of piperazine rings is 1. The van der Waals surface area contributed by atoms with Crippen LogP contribution in [0, 0.1) is 0 Å². The van der Waals surface area contributed by atoms with Crippen molar-refractivity contribution in [3.8, 4) is 22.5 Å². The van der Waals surface area contributed by atoms with E-state index in [-0.39, 0.29) is 11.9 Å². The number of nitrogens with one attached hydrogen (secondary N) is 3. The minimum Gasteiger partial charge on any atom is -0.353 e. The third-order valence-corrected chi connectivity index (χ3v) is 7.74. The van der Waals surface area contributed by atoms with Gasteiger partial charge in [-0.25, -0.2) is 4.79 Å². The van der Waals surface area contributed by atoms with Crippen LogP contribution in [-0.2, 0) is 0 Å². The second-order valence-electron chi connectivity index (χ2n) is 10.4. The van der Waals surface area contributed by atoms with Gasteiger partial charge in [0, 0.05) is 66.8 Å². The maximum Gasteiger partial charge on any atom is 0.321 e. The zero-order valence-corrected chi connectivity index (χ0v) is 22.1. The first-order valence-corrected chi connectivity index (χ1v) is 13.4. The van der Waals surface area contributed by atoms with Gasteiger partial charge < -0.3 is 20.1 Å². The van der Waals surface area contributed by atoms with Crippen molar-refractivity contribution in [3.05, 3.63) is 83.5 Å². The Kier molecular flexibility index (Phi) is 6.09. The van der Waals surface area contributed by atoms with E-state index < -0.39 is 0 Å². The molecular formula is C30H29N9O. The van der Waals surface area contributed by atoms with E-state index in [9.17, 15) is 4.79 Å². The van der Waals surface area contributed by atoms with Gasteiger partial charge in [-0.05, 0) is 54.1 Å². The number of nitrogens with zero attached hydrogens (tertiary/aromatic N) is 6. The fourth-order valence-corrected chi connectivity index (χ4v) is 5.48. The minimum atomic E-state index is -0.0892. The van der Waals surface area contributed by atoms with Gasteiger partial charge >= 0.3 is 6.03 Å². The van der Waals surface area contributed by atoms with Crippen molar-refractivity contribution in [2.24, 2.45) is 4.99 Å². The average molecular weight is 532 g/mol. The normalized spacial score (nSPS) is 17.2. The number of aromatic amines is 2. The third kappa shape index (κ3) is 4.52. The number of aromatic nitrogens is 5. The number of amides is 2. The SMILES string of the molecule is CN1CCN(C(=O)Nc2cncc(C3C=c4c(-c5cc6c(-c7ccncc7)cccc6[nH]5)n[nH]c4=NC3)c2)CC1. The summed E-state index contributed by atoms with van der Waals surface area (Å²) in [7, 11) is 2.07. The van der Waals surface area contributed by atoms with Gasteiger partial charge in [0.1, 0.15) is 5.69 Å². The highest BCUT2D eigenvalue weighted by Crippen LogP contribution is 2.31. The summed E-state index contributed by atoms with van der Waals surface area (Å²) >= 11 is 0. The summed E-state index contributed by atoms with van der Waals surface area (Å²) in [5.74, 6) is 0.00796. The maximum absolute atomic E-state index is 12.8. The molecule has 5 aromatic rings. The van der Waals surface area contributed by atoms with Gasteiger partial charge in [-0.3, -0.25) is 20.1 Å². The number of likely N-dealkylation sites (N-methyl/N-ethyl adjacent to an activating group) is 1. The summed E-state index contributed by atoms with van der Waals surface area (Å²) in [4.78, 5) is 33.8. The number of pyridine rings is 2. The fourth-order valence-electron chi connectivity index (χ4n) is 5.48. The summed E-state index contributed by atoms with van der Waals surface area (Å²) < 4.78 is 0. The molecule has 2 aliphatic rings. The largest absolute Gasteiger partial charge is 0.353 e. The molecule has 1 aromatic carbocycles. The molecule has 2 amide bonds. The molecule has 3 N–H and O–H groups in total. The van der Waals surface area contributed by atoms with E-state index in [4.69, 9.17) is 4.99 Å². The van der Waals surface area contributed by atoms with E-state index in [1.165, 1.54) is 0 Å². The Labute approximate surface area is 230 Å². The highest BCUT2D eigenvalue weighted by atomic mass is 16.2. The van der Waals surface area contributed by atoms with E-state index in [1.54, 1.807) is 6.20 Å². The number of carbonyl (C=O) groups excluding carboxylic acids is 1. The van der Waals surface area contributed by atoms with Crippen LogP contribution in [0.2, 0.25) is 0 Å². The molecule has 2 aliphatic heterocycles. The monoisotopic (exact) mass is 531 g/mol. The predicted octanol–water partition coefficient (Wildman–Crippen LogP) is 2.99. The molecule has 1 unspecified atom stereocenters. The summed E-state index contributed by atoms with van der Waals surface area (Å²) in [6.07, 6.45) is 9.35. The van der Waals surface area contributed by atoms with Crippen molar-refractivity contribution in [1.82, 2.24) is 34.9 Å². The van der Waals surface area contributed by atoms with Gasteiger partial charge in [0.25, 0.3) is 0 Å². The molecule has 7 rings (SSSR count). The number of hydrogen-bond acceptors (Lipinski definition) is 6. The maximum atomic E-state index is 12.8. The molecule has 10 heteroatoms. The van der Waals surface area contributed by atoms with Gasteiger partial charge in [-0.2, -0.15) is 5.10 Å². The first-order chi connectivity index (χ1) is 19.6. The average Bonchev–Trinajstić information content (AvgIpc) is 3.62. The van der Waals surface area contributed by atoms with Gasteiger partial charge in [0.05, 0.1) is 24.1 Å². The molecule has 1 atom stereocenters. The first-order valence-electron chi connectivity index (χ1n) is 13.4. The Morgan fingerprint density at radius 2 is 1.88 bits per heavy atom. The Bertz CT molecular complexity index is 1820. The van der Waals surface area contributed by atoms with Crippen molar-refractivity contribution in [3.63, 3.8) is 0 Å². The van der Waals surface area contributed by atoms with Crippen LogP contribution in [0.25, 0.3) is 39.5 Å². The lowest BCUT2D eigenvalue weighted by Gasteiger charge is -2.32. The highest BCUT2D eigenvalue weighted by Gasteiger charge is 2.21. The molecule has 1 fully saturated rings. The molecule has 4 aromatic heterocycles. The van der Waals surface area contributed by atoms with Crippen LogP contribution >= 0.6 is 0 Å². The Balaban J connectivity index is 1.18. The molecule has 40 heavy (non-hydrogen) atoms. The number of H-pyrrole nitrogens is 2. The minimum absolute atomic E-state index is 0.00796. The molecule has 6 heterocycles. The number of hydrogen-bond donors (Lipinski definition) is 3. The first kappa shape index (κ1) is 24.2. The van der Waals surface area contributed by atoms with Crippen LogP contribution in [0.15, 0.2) is 72.2 Å². The number of benzene rings is 1. The molecule has 1 saturated heterocycles. The van der Waals surface area contributed by atoms with E-state index in [2.05, 4.69) is 72.8 Å². The Morgan fingerprint density at radius 3 is 2.73 bits per heavy atom. The summed E-state index contributed by atoms with van der Waals surface area (Å²) in [5.41, 5.74) is 7.50. The van der Waals surface area contributed by atoms with E-state index in [0.717, 1.165) is 62.8 Å². The van der Waals surface area contributed by atoms with Crippen molar-refractivity contribution >= 4 is 28.7 Å². The van der Waals surface area contributed by atoms with Crippen molar-refractivity contribution < 1.29 is 4.79 Å². The van der Waals surface area contributed by atoms with Crippen LogP contribution in [0.1, 0.15) is 11.5 Å². The van der Waals surface area contributed by atoms with Crippen LogP contribution in [0.5, 0.6) is 0 Å². The Morgan fingerprint density at radius 1 is 1.02 bits per heavy atom. The summed E-state index contributed by atoms with van der Waals surface area (Å²) in [5, 5.41) is 12.8. The van der Waals surface area contributed by atoms with Crippen molar-refractivity contribution in [1.29, 1.82) is 0 Å². The molecule has 0 spiro atoms. The zero-order valence-electron chi connectivity index (χ0n) is 22.1. The highest BCUT2D eigenvalue weighted by molar-refractivity contribution is 5.98. The molecule has 0 radical (unpaired) electrons. The molecule has 0 saturated carbocycles. The fraction of sp³-hybridized carbons (Fsp3) is 0.233. The van der Waals surface area contributed by atoms with E-state index in [0.29, 0.717) is 25.3 Å². The number of rotatable bonds is 4. The number of anilines is 1. The molecule has 0 aliphatic carbocycles. The van der Waals surface area contributed by atoms with Crippen molar-refractivity contribution in [2.45, 2.75) is 5.92 Å². The standard InChI is InChI=1S/C30H29N9O/c1-38-9-11-39(12-10-38)30(40)34-22-13-20(16-32-18-22)21-14-25-28(36-37-29(25)33-17-21)27-15-24-23(3-2-4-26(24)35-27)19-5-7-31-8-6-19/h2-8,13-16,18,21,35H,9-12,17H2,1H3,(H,33,37)(H,34,40). The lowest BCUT2D eigenvalue weighted by atomic mass is 9.97. The zero-order chi connectivity index (χ0) is 27.1.